The predicted molar refractivity (Wildman–Crippen MR) is 135 cm³/mol. The molecule has 0 aliphatic carbocycles. The van der Waals surface area contributed by atoms with Crippen LogP contribution in [0.3, 0.4) is 0 Å². The molecule has 0 spiro atoms. The molecule has 1 N–H and O–H groups in total. The number of halogens is 2. The number of rotatable bonds is 7. The van der Waals surface area contributed by atoms with E-state index in [0.29, 0.717) is 12.0 Å². The smallest absolute Gasteiger partial charge is 0.295 e. The van der Waals surface area contributed by atoms with E-state index in [1.807, 2.05) is 54.6 Å². The van der Waals surface area contributed by atoms with Gasteiger partial charge in [-0.05, 0) is 41.8 Å². The largest absolute Gasteiger partial charge is 0.507 e. The van der Waals surface area contributed by atoms with Crippen LogP contribution in [0.2, 0.25) is 10.0 Å². The van der Waals surface area contributed by atoms with Crippen molar-refractivity contribution in [3.8, 4) is 11.5 Å². The Morgan fingerprint density at radius 1 is 0.971 bits per heavy atom. The van der Waals surface area contributed by atoms with Gasteiger partial charge in [-0.15, -0.1) is 0 Å². The third kappa shape index (κ3) is 4.85. The van der Waals surface area contributed by atoms with Gasteiger partial charge in [-0.25, -0.2) is 0 Å². The highest BCUT2D eigenvalue weighted by Crippen LogP contribution is 2.43. The number of aliphatic hydroxyl groups is 1. The predicted octanol–water partition coefficient (Wildman–Crippen LogP) is 5.68. The van der Waals surface area contributed by atoms with Crippen molar-refractivity contribution in [2.75, 3.05) is 20.8 Å². The maximum Gasteiger partial charge on any atom is 0.295 e. The molecule has 6 nitrogen and oxygen atoms in total. The third-order valence-corrected chi connectivity index (χ3v) is 6.42. The lowest BCUT2D eigenvalue weighted by atomic mass is 9.95. The lowest BCUT2D eigenvalue weighted by molar-refractivity contribution is -0.139. The zero-order chi connectivity index (χ0) is 25.1. The molecule has 0 radical (unpaired) electrons. The highest BCUT2D eigenvalue weighted by molar-refractivity contribution is 6.46. The van der Waals surface area contributed by atoms with E-state index >= 15 is 0 Å². The first-order valence-electron chi connectivity index (χ1n) is 10.9. The van der Waals surface area contributed by atoms with Crippen molar-refractivity contribution in [1.82, 2.24) is 4.90 Å². The van der Waals surface area contributed by atoms with E-state index < -0.39 is 23.5 Å². The number of amides is 1. The van der Waals surface area contributed by atoms with Crippen LogP contribution in [0.25, 0.3) is 5.76 Å². The molecule has 3 aromatic carbocycles. The van der Waals surface area contributed by atoms with Crippen molar-refractivity contribution in [2.45, 2.75) is 12.5 Å². The fourth-order valence-corrected chi connectivity index (χ4v) is 4.79. The number of hydrogen-bond donors (Lipinski definition) is 1. The molecule has 1 aliphatic rings. The molecular formula is C27H23Cl2NO5. The van der Waals surface area contributed by atoms with Crippen LogP contribution in [-0.2, 0) is 16.0 Å². The first kappa shape index (κ1) is 24.6. The number of methoxy groups -OCH3 is 2. The molecule has 180 valence electrons. The van der Waals surface area contributed by atoms with Crippen molar-refractivity contribution >= 4 is 40.7 Å². The standard InChI is InChI=1S/C27H23Cl2NO5/c1-34-19-10-8-16(9-11-19)12-13-30-23(17-6-4-3-5-7-17)22(25(32)27(30)33)24(31)20-14-18(28)15-21(29)26(20)35-2/h3-11,14-15,23,31H,12-13H2,1-2H3/b24-22+. The number of carbonyl (C=O) groups excluding carboxylic acids is 2. The van der Waals surface area contributed by atoms with Gasteiger partial charge in [0, 0.05) is 11.6 Å². The summed E-state index contributed by atoms with van der Waals surface area (Å²) >= 11 is 12.4. The molecule has 1 amide bonds. The number of hydrogen-bond acceptors (Lipinski definition) is 5. The molecule has 1 unspecified atom stereocenters. The number of Topliss-reactive ketones (excluding diaryl/α,β-unsaturated/α-hetero) is 1. The summed E-state index contributed by atoms with van der Waals surface area (Å²) in [5.74, 6) is -0.993. The van der Waals surface area contributed by atoms with Crippen LogP contribution in [-0.4, -0.2) is 42.5 Å². The zero-order valence-corrected chi connectivity index (χ0v) is 20.6. The normalized spacial score (nSPS) is 17.0. The van der Waals surface area contributed by atoms with Gasteiger partial charge in [0.25, 0.3) is 11.7 Å². The van der Waals surface area contributed by atoms with Crippen LogP contribution in [0.1, 0.15) is 22.7 Å². The highest BCUT2D eigenvalue weighted by atomic mass is 35.5. The lowest BCUT2D eigenvalue weighted by Crippen LogP contribution is -2.31. The summed E-state index contributed by atoms with van der Waals surface area (Å²) in [4.78, 5) is 27.9. The van der Waals surface area contributed by atoms with Gasteiger partial charge >= 0.3 is 0 Å². The van der Waals surface area contributed by atoms with Crippen molar-refractivity contribution in [3.63, 3.8) is 0 Å². The zero-order valence-electron chi connectivity index (χ0n) is 19.1. The average molecular weight is 512 g/mol. The van der Waals surface area contributed by atoms with Crippen LogP contribution >= 0.6 is 23.2 Å². The van der Waals surface area contributed by atoms with Crippen LogP contribution in [0.4, 0.5) is 0 Å². The van der Waals surface area contributed by atoms with Crippen molar-refractivity contribution in [2.24, 2.45) is 0 Å². The Balaban J connectivity index is 1.79. The summed E-state index contributed by atoms with van der Waals surface area (Å²) < 4.78 is 10.6. The van der Waals surface area contributed by atoms with Gasteiger partial charge in [0.2, 0.25) is 0 Å². The number of nitrogens with zero attached hydrogens (tertiary/aromatic N) is 1. The average Bonchev–Trinajstić information content (AvgIpc) is 3.12. The van der Waals surface area contributed by atoms with Crippen LogP contribution < -0.4 is 9.47 Å². The number of benzene rings is 3. The maximum atomic E-state index is 13.2. The molecule has 3 aromatic rings. The second-order valence-corrected chi connectivity index (χ2v) is 8.81. The molecule has 35 heavy (non-hydrogen) atoms. The molecular weight excluding hydrogens is 489 g/mol. The molecule has 4 rings (SSSR count). The molecule has 1 saturated heterocycles. The van der Waals surface area contributed by atoms with E-state index in [1.165, 1.54) is 24.1 Å². The van der Waals surface area contributed by atoms with Gasteiger partial charge in [0.05, 0.1) is 36.4 Å². The minimum Gasteiger partial charge on any atom is -0.507 e. The topological polar surface area (TPSA) is 76.1 Å². The summed E-state index contributed by atoms with van der Waals surface area (Å²) in [6, 6.07) is 18.7. The van der Waals surface area contributed by atoms with E-state index in [1.54, 1.807) is 7.11 Å². The van der Waals surface area contributed by atoms with Crippen molar-refractivity contribution in [1.29, 1.82) is 0 Å². The van der Waals surface area contributed by atoms with Gasteiger partial charge in [-0.1, -0.05) is 65.7 Å². The summed E-state index contributed by atoms with van der Waals surface area (Å²) in [7, 11) is 2.99. The van der Waals surface area contributed by atoms with Crippen LogP contribution in [0.5, 0.6) is 11.5 Å². The Kier molecular flexibility index (Phi) is 7.34. The van der Waals surface area contributed by atoms with Crippen molar-refractivity contribution in [3.05, 3.63) is 99.0 Å². The first-order valence-corrected chi connectivity index (χ1v) is 11.6. The Morgan fingerprint density at radius 3 is 2.29 bits per heavy atom. The lowest BCUT2D eigenvalue weighted by Gasteiger charge is -2.25. The first-order chi connectivity index (χ1) is 16.8. The third-order valence-electron chi connectivity index (χ3n) is 5.92. The van der Waals surface area contributed by atoms with E-state index in [0.717, 1.165) is 11.3 Å². The van der Waals surface area contributed by atoms with E-state index in [9.17, 15) is 14.7 Å². The van der Waals surface area contributed by atoms with Gasteiger partial charge < -0.3 is 19.5 Å². The summed E-state index contributed by atoms with van der Waals surface area (Å²) in [6.07, 6.45) is 0.507. The molecule has 1 heterocycles. The minimum absolute atomic E-state index is 0.0486. The molecule has 1 atom stereocenters. The Hall–Kier alpha value is -3.48. The molecule has 0 saturated carbocycles. The van der Waals surface area contributed by atoms with E-state index in [4.69, 9.17) is 32.7 Å². The number of carbonyl (C=O) groups is 2. The van der Waals surface area contributed by atoms with E-state index in [-0.39, 0.29) is 33.5 Å². The molecule has 0 bridgehead atoms. The number of ether oxygens (including phenoxy) is 2. The summed E-state index contributed by atoms with van der Waals surface area (Å²) in [5.41, 5.74) is 1.75. The minimum atomic E-state index is -0.795. The molecule has 1 aliphatic heterocycles. The fraction of sp³-hybridized carbons (Fsp3) is 0.185. The fourth-order valence-electron chi connectivity index (χ4n) is 4.22. The van der Waals surface area contributed by atoms with Gasteiger partial charge in [-0.3, -0.25) is 9.59 Å². The quantitative estimate of drug-likeness (QED) is 0.251. The number of likely N-dealkylation sites (tertiary alicyclic amines) is 1. The van der Waals surface area contributed by atoms with E-state index in [2.05, 4.69) is 0 Å². The van der Waals surface area contributed by atoms with Crippen LogP contribution in [0, 0.1) is 0 Å². The summed E-state index contributed by atoms with van der Waals surface area (Å²) in [6.45, 7) is 0.265. The Morgan fingerprint density at radius 2 is 1.66 bits per heavy atom. The van der Waals surface area contributed by atoms with Crippen molar-refractivity contribution < 1.29 is 24.2 Å². The van der Waals surface area contributed by atoms with Gasteiger partial charge in [-0.2, -0.15) is 0 Å². The molecule has 0 aromatic heterocycles. The van der Waals surface area contributed by atoms with Crippen LogP contribution in [0.15, 0.2) is 72.3 Å². The van der Waals surface area contributed by atoms with Gasteiger partial charge in [0.1, 0.15) is 17.3 Å². The Bertz CT molecular complexity index is 1290. The Labute approximate surface area is 213 Å². The molecule has 8 heteroatoms. The second-order valence-electron chi connectivity index (χ2n) is 7.97. The number of aliphatic hydroxyl groups excluding tert-OH is 1. The van der Waals surface area contributed by atoms with Gasteiger partial charge in [0.15, 0.2) is 0 Å². The maximum absolute atomic E-state index is 13.2. The SMILES string of the molecule is COc1ccc(CCN2C(=O)C(=O)/C(=C(/O)c3cc(Cl)cc(Cl)c3OC)C2c2ccccc2)cc1. The highest BCUT2D eigenvalue weighted by Gasteiger charge is 2.46. The number of ketones is 1. The molecule has 1 fully saturated rings. The second kappa shape index (κ2) is 10.4. The monoisotopic (exact) mass is 511 g/mol. The summed E-state index contributed by atoms with van der Waals surface area (Å²) in [5, 5.41) is 11.8.